The summed E-state index contributed by atoms with van der Waals surface area (Å²) in [5, 5.41) is 0. The minimum Gasteiger partial charge on any atom is -0.374 e. The van der Waals surface area contributed by atoms with E-state index in [0.717, 1.165) is 19.3 Å². The van der Waals surface area contributed by atoms with Crippen LogP contribution in [0, 0.1) is 11.8 Å². The van der Waals surface area contributed by atoms with Crippen molar-refractivity contribution in [3.8, 4) is 0 Å². The quantitative estimate of drug-likeness (QED) is 0.732. The summed E-state index contributed by atoms with van der Waals surface area (Å²) >= 11 is 0. The van der Waals surface area contributed by atoms with E-state index in [0.29, 0.717) is 17.8 Å². The molecule has 1 aliphatic heterocycles. The van der Waals surface area contributed by atoms with Gasteiger partial charge in [-0.2, -0.15) is 0 Å². The Balaban J connectivity index is 1.98. The van der Waals surface area contributed by atoms with E-state index >= 15 is 0 Å². The summed E-state index contributed by atoms with van der Waals surface area (Å²) in [5.74, 6) is 1.20. The molecule has 16 heavy (non-hydrogen) atoms. The van der Waals surface area contributed by atoms with Gasteiger partial charge in [0, 0.05) is 12.3 Å². The zero-order chi connectivity index (χ0) is 11.5. The van der Waals surface area contributed by atoms with Crippen molar-refractivity contribution in [1.82, 2.24) is 0 Å². The van der Waals surface area contributed by atoms with Crippen molar-refractivity contribution in [1.29, 1.82) is 0 Å². The van der Waals surface area contributed by atoms with Crippen molar-refractivity contribution in [2.75, 3.05) is 0 Å². The molecule has 1 saturated carbocycles. The van der Waals surface area contributed by atoms with Gasteiger partial charge in [-0.15, -0.1) is 0 Å². The second-order valence-corrected chi connectivity index (χ2v) is 5.42. The summed E-state index contributed by atoms with van der Waals surface area (Å²) < 4.78 is 5.96. The predicted molar refractivity (Wildman–Crippen MR) is 64.3 cm³/mol. The zero-order valence-electron chi connectivity index (χ0n) is 10.6. The van der Waals surface area contributed by atoms with Crippen LogP contribution in [-0.4, -0.2) is 18.0 Å². The maximum Gasteiger partial charge on any atom is 0.138 e. The fraction of sp³-hybridized carbons (Fsp3) is 0.929. The minimum absolute atomic E-state index is 0.164. The summed E-state index contributed by atoms with van der Waals surface area (Å²) in [6.07, 6.45) is 8.42. The third kappa shape index (κ3) is 2.32. The average molecular weight is 224 g/mol. The van der Waals surface area contributed by atoms with Gasteiger partial charge in [-0.3, -0.25) is 4.79 Å². The van der Waals surface area contributed by atoms with E-state index in [4.69, 9.17) is 4.74 Å². The monoisotopic (exact) mass is 224 g/mol. The lowest BCUT2D eigenvalue weighted by molar-refractivity contribution is -0.125. The molecule has 1 aliphatic carbocycles. The molecule has 2 fully saturated rings. The highest BCUT2D eigenvalue weighted by atomic mass is 16.5. The number of ketones is 1. The number of unbranched alkanes of at least 4 members (excludes halogenated alkanes) is 1. The van der Waals surface area contributed by atoms with Crippen LogP contribution in [0.15, 0.2) is 0 Å². The molecule has 0 unspecified atom stereocenters. The Hall–Kier alpha value is -0.370. The average Bonchev–Trinajstić information content (AvgIpc) is 2.62. The fourth-order valence-electron chi connectivity index (χ4n) is 3.43. The van der Waals surface area contributed by atoms with Crippen molar-refractivity contribution < 1.29 is 9.53 Å². The number of hydrogen-bond acceptors (Lipinski definition) is 2. The largest absolute Gasteiger partial charge is 0.374 e. The van der Waals surface area contributed by atoms with Gasteiger partial charge >= 0.3 is 0 Å². The molecule has 0 aromatic heterocycles. The molecule has 2 aliphatic rings. The molecular weight excluding hydrogens is 200 g/mol. The van der Waals surface area contributed by atoms with Crippen LogP contribution < -0.4 is 0 Å². The summed E-state index contributed by atoms with van der Waals surface area (Å²) in [7, 11) is 0. The molecule has 0 amide bonds. The Morgan fingerprint density at radius 2 is 2.06 bits per heavy atom. The van der Waals surface area contributed by atoms with Crippen molar-refractivity contribution >= 4 is 5.78 Å². The fourth-order valence-corrected chi connectivity index (χ4v) is 3.43. The Morgan fingerprint density at radius 3 is 2.81 bits per heavy atom. The molecule has 0 bridgehead atoms. The first-order valence-corrected chi connectivity index (χ1v) is 6.92. The van der Waals surface area contributed by atoms with E-state index in [-0.39, 0.29) is 12.0 Å². The zero-order valence-corrected chi connectivity index (χ0v) is 10.6. The summed E-state index contributed by atoms with van der Waals surface area (Å²) in [6.45, 7) is 4.23. The van der Waals surface area contributed by atoms with Crippen LogP contribution in [0.3, 0.4) is 0 Å². The van der Waals surface area contributed by atoms with Crippen molar-refractivity contribution in [2.24, 2.45) is 11.8 Å². The van der Waals surface area contributed by atoms with Gasteiger partial charge in [-0.05, 0) is 32.1 Å². The smallest absolute Gasteiger partial charge is 0.138 e. The lowest BCUT2D eigenvalue weighted by atomic mass is 9.76. The van der Waals surface area contributed by atoms with Gasteiger partial charge in [0.1, 0.15) is 5.78 Å². The standard InChI is InChI=1S/C14H24O2/c1-3-4-8-12(15)14-10(2)16-13-9-6-5-7-11(13)14/h10-11,13-14H,3-9H2,1-2H3/t10-,11+,13-,14+/m1/s1. The first-order valence-electron chi connectivity index (χ1n) is 6.92. The molecule has 2 nitrogen and oxygen atoms in total. The Bertz CT molecular complexity index is 249. The number of hydrogen-bond donors (Lipinski definition) is 0. The normalized spacial score (nSPS) is 38.4. The van der Waals surface area contributed by atoms with E-state index in [1.54, 1.807) is 0 Å². The van der Waals surface area contributed by atoms with Gasteiger partial charge in [-0.25, -0.2) is 0 Å². The van der Waals surface area contributed by atoms with Crippen LogP contribution in [0.2, 0.25) is 0 Å². The number of carbonyl (C=O) groups is 1. The van der Waals surface area contributed by atoms with E-state index in [1.165, 1.54) is 25.7 Å². The van der Waals surface area contributed by atoms with Crippen molar-refractivity contribution in [2.45, 2.75) is 71.0 Å². The molecule has 0 aromatic rings. The van der Waals surface area contributed by atoms with Crippen molar-refractivity contribution in [3.63, 3.8) is 0 Å². The summed E-state index contributed by atoms with van der Waals surface area (Å²) in [5.41, 5.74) is 0. The predicted octanol–water partition coefficient (Wildman–Crippen LogP) is 3.34. The number of ether oxygens (including phenoxy) is 1. The molecule has 1 saturated heterocycles. The lowest BCUT2D eigenvalue weighted by Gasteiger charge is -2.26. The first-order chi connectivity index (χ1) is 7.74. The second-order valence-electron chi connectivity index (χ2n) is 5.42. The Morgan fingerprint density at radius 1 is 1.31 bits per heavy atom. The molecule has 0 N–H and O–H groups in total. The molecule has 1 heterocycles. The highest BCUT2D eigenvalue weighted by Gasteiger charge is 2.45. The molecular formula is C14H24O2. The molecule has 2 heteroatoms. The van der Waals surface area contributed by atoms with Gasteiger partial charge < -0.3 is 4.74 Å². The lowest BCUT2D eigenvalue weighted by Crippen LogP contribution is -2.30. The van der Waals surface area contributed by atoms with Crippen LogP contribution in [0.25, 0.3) is 0 Å². The number of Topliss-reactive ketones (excluding diaryl/α,β-unsaturated/α-hetero) is 1. The van der Waals surface area contributed by atoms with Crippen LogP contribution in [0.4, 0.5) is 0 Å². The molecule has 4 atom stereocenters. The van der Waals surface area contributed by atoms with E-state index in [1.807, 2.05) is 0 Å². The highest BCUT2D eigenvalue weighted by molar-refractivity contribution is 5.82. The third-order valence-electron chi connectivity index (χ3n) is 4.26. The van der Waals surface area contributed by atoms with Gasteiger partial charge in [0.05, 0.1) is 12.2 Å². The first kappa shape index (κ1) is 12.1. The molecule has 0 aromatic carbocycles. The molecule has 0 spiro atoms. The maximum atomic E-state index is 12.2. The van der Waals surface area contributed by atoms with Crippen LogP contribution in [0.5, 0.6) is 0 Å². The topological polar surface area (TPSA) is 26.3 Å². The van der Waals surface area contributed by atoms with Crippen LogP contribution in [0.1, 0.15) is 58.8 Å². The molecule has 2 rings (SSSR count). The van der Waals surface area contributed by atoms with Gasteiger partial charge in [0.15, 0.2) is 0 Å². The van der Waals surface area contributed by atoms with E-state index in [9.17, 15) is 4.79 Å². The third-order valence-corrected chi connectivity index (χ3v) is 4.26. The second kappa shape index (κ2) is 5.31. The summed E-state index contributed by atoms with van der Waals surface area (Å²) in [4.78, 5) is 12.2. The minimum atomic E-state index is 0.164. The van der Waals surface area contributed by atoms with Crippen LogP contribution >= 0.6 is 0 Å². The number of carbonyl (C=O) groups excluding carboxylic acids is 1. The highest BCUT2D eigenvalue weighted by Crippen LogP contribution is 2.42. The number of fused-ring (bicyclic) bond motifs is 1. The SMILES string of the molecule is CCCCC(=O)[C@@H]1[C@H]2CCCC[C@H]2O[C@@H]1C. The van der Waals surface area contributed by atoms with E-state index in [2.05, 4.69) is 13.8 Å². The Kier molecular flexibility index (Phi) is 4.01. The van der Waals surface area contributed by atoms with Gasteiger partial charge in [-0.1, -0.05) is 26.2 Å². The molecule has 92 valence electrons. The van der Waals surface area contributed by atoms with Crippen molar-refractivity contribution in [3.05, 3.63) is 0 Å². The van der Waals surface area contributed by atoms with Gasteiger partial charge in [0.25, 0.3) is 0 Å². The molecule has 0 radical (unpaired) electrons. The number of rotatable bonds is 4. The van der Waals surface area contributed by atoms with Gasteiger partial charge in [0.2, 0.25) is 0 Å². The summed E-state index contributed by atoms with van der Waals surface area (Å²) in [6, 6.07) is 0. The maximum absolute atomic E-state index is 12.2. The Labute approximate surface area is 98.7 Å². The van der Waals surface area contributed by atoms with E-state index < -0.39 is 0 Å². The van der Waals surface area contributed by atoms with Crippen LogP contribution in [-0.2, 0) is 9.53 Å².